The van der Waals surface area contributed by atoms with E-state index in [1.54, 1.807) is 0 Å². The van der Waals surface area contributed by atoms with Crippen LogP contribution in [0.25, 0.3) is 0 Å². The van der Waals surface area contributed by atoms with Crippen molar-refractivity contribution in [3.8, 4) is 0 Å². The number of fused-ring (bicyclic) bond motifs is 1. The lowest BCUT2D eigenvalue weighted by molar-refractivity contribution is 0.746. The molecule has 0 unspecified atom stereocenters. The van der Waals surface area contributed by atoms with Gasteiger partial charge in [0.2, 0.25) is 0 Å². The molecule has 0 aliphatic carbocycles. The lowest BCUT2D eigenvalue weighted by atomic mass is 10.2. The highest BCUT2D eigenvalue weighted by molar-refractivity contribution is 7.99. The summed E-state index contributed by atoms with van der Waals surface area (Å²) in [6.45, 7) is 5.18. The molecule has 0 bridgehead atoms. The van der Waals surface area contributed by atoms with Crippen LogP contribution in [0.5, 0.6) is 0 Å². The first-order chi connectivity index (χ1) is 7.31. The summed E-state index contributed by atoms with van der Waals surface area (Å²) < 4.78 is 0. The Bertz CT molecular complexity index is 338. The predicted molar refractivity (Wildman–Crippen MR) is 67.8 cm³/mol. The van der Waals surface area contributed by atoms with Crippen molar-refractivity contribution in [1.29, 1.82) is 0 Å². The zero-order valence-electron chi connectivity index (χ0n) is 9.20. The third-order valence-electron chi connectivity index (χ3n) is 2.71. The van der Waals surface area contributed by atoms with Gasteiger partial charge in [-0.15, -0.1) is 11.8 Å². The van der Waals surface area contributed by atoms with E-state index in [2.05, 4.69) is 30.0 Å². The lowest BCUT2D eigenvalue weighted by Gasteiger charge is -2.31. The smallest absolute Gasteiger partial charge is 0.0507 e. The summed E-state index contributed by atoms with van der Waals surface area (Å²) in [5.41, 5.74) is 8.31. The number of anilines is 1. The Morgan fingerprint density at radius 1 is 1.47 bits per heavy atom. The highest BCUT2D eigenvalue weighted by Gasteiger charge is 2.16. The first-order valence-electron chi connectivity index (χ1n) is 5.50. The normalized spacial score (nSPS) is 15.2. The average Bonchev–Trinajstić information content (AvgIpc) is 2.26. The number of hydrogen-bond donors (Lipinski definition) is 1. The number of nitrogens with two attached hydrogens (primary N) is 1. The number of hydrogen-bond acceptors (Lipinski definition) is 3. The molecule has 0 radical (unpaired) electrons. The fraction of sp³-hybridized carbons (Fsp3) is 0.500. The Kier molecular flexibility index (Phi) is 3.54. The number of benzene rings is 1. The molecule has 0 atom stereocenters. The zero-order chi connectivity index (χ0) is 10.7. The summed E-state index contributed by atoms with van der Waals surface area (Å²) in [5, 5.41) is 0. The maximum atomic E-state index is 5.56. The number of nitrogens with zero attached hydrogens (tertiary/aromatic N) is 1. The second-order valence-electron chi connectivity index (χ2n) is 3.95. The molecule has 2 rings (SSSR count). The topological polar surface area (TPSA) is 29.3 Å². The van der Waals surface area contributed by atoms with Crippen molar-refractivity contribution in [3.05, 3.63) is 23.8 Å². The van der Waals surface area contributed by atoms with Crippen LogP contribution in [0.2, 0.25) is 0 Å². The van der Waals surface area contributed by atoms with Gasteiger partial charge in [-0.1, -0.05) is 6.07 Å². The molecule has 0 saturated heterocycles. The largest absolute Gasteiger partial charge is 0.370 e. The van der Waals surface area contributed by atoms with Gasteiger partial charge >= 0.3 is 0 Å². The zero-order valence-corrected chi connectivity index (χ0v) is 10.0. The molecule has 0 fully saturated rings. The van der Waals surface area contributed by atoms with Crippen LogP contribution in [0.3, 0.4) is 0 Å². The molecule has 3 heteroatoms. The molecule has 1 aromatic rings. The lowest BCUT2D eigenvalue weighted by Crippen LogP contribution is -2.31. The van der Waals surface area contributed by atoms with E-state index in [4.69, 9.17) is 5.73 Å². The van der Waals surface area contributed by atoms with Crippen LogP contribution in [-0.4, -0.2) is 25.4 Å². The molecule has 1 aliphatic rings. The molecule has 1 aliphatic heterocycles. The van der Waals surface area contributed by atoms with Crippen LogP contribution in [0.15, 0.2) is 23.1 Å². The molecule has 2 nitrogen and oxygen atoms in total. The molecular weight excluding hydrogens is 204 g/mol. The quantitative estimate of drug-likeness (QED) is 0.850. The predicted octanol–water partition coefficient (Wildman–Crippen LogP) is 2.26. The molecule has 0 saturated carbocycles. The number of thioether (sulfide) groups is 1. The van der Waals surface area contributed by atoms with Crippen LogP contribution >= 0.6 is 11.8 Å². The summed E-state index contributed by atoms with van der Waals surface area (Å²) in [6, 6.07) is 6.72. The Labute approximate surface area is 95.8 Å². The molecule has 1 heterocycles. The second kappa shape index (κ2) is 4.90. The second-order valence-corrected chi connectivity index (χ2v) is 5.09. The molecule has 0 spiro atoms. The molecule has 0 amide bonds. The average molecular weight is 222 g/mol. The van der Waals surface area contributed by atoms with Crippen LogP contribution in [0.4, 0.5) is 5.69 Å². The summed E-state index contributed by atoms with van der Waals surface area (Å²) >= 11 is 1.96. The van der Waals surface area contributed by atoms with Crippen LogP contribution in [0.1, 0.15) is 12.0 Å². The van der Waals surface area contributed by atoms with Gasteiger partial charge in [0.05, 0.1) is 5.69 Å². The van der Waals surface area contributed by atoms with E-state index in [1.807, 2.05) is 11.8 Å². The fourth-order valence-corrected chi connectivity index (χ4v) is 2.93. The van der Waals surface area contributed by atoms with Crippen molar-refractivity contribution in [2.24, 2.45) is 5.73 Å². The van der Waals surface area contributed by atoms with E-state index in [-0.39, 0.29) is 0 Å². The standard InChI is InChI=1S/C12H18N2S/c1-10-3-4-12-11(9-10)14(6-2-5-13)7-8-15-12/h3-4,9H,2,5-8,13H2,1H3. The van der Waals surface area contributed by atoms with Crippen LogP contribution in [-0.2, 0) is 0 Å². The van der Waals surface area contributed by atoms with Gasteiger partial charge < -0.3 is 10.6 Å². The van der Waals surface area contributed by atoms with Gasteiger partial charge in [0.25, 0.3) is 0 Å². The van der Waals surface area contributed by atoms with Crippen molar-refractivity contribution in [1.82, 2.24) is 0 Å². The highest BCUT2D eigenvalue weighted by atomic mass is 32.2. The molecule has 82 valence electrons. The van der Waals surface area contributed by atoms with E-state index in [0.29, 0.717) is 0 Å². The minimum atomic E-state index is 0.783. The van der Waals surface area contributed by atoms with Gasteiger partial charge in [-0.25, -0.2) is 0 Å². The summed E-state index contributed by atoms with van der Waals surface area (Å²) in [5.74, 6) is 1.20. The van der Waals surface area contributed by atoms with E-state index < -0.39 is 0 Å². The Balaban J connectivity index is 2.20. The van der Waals surface area contributed by atoms with Gasteiger partial charge in [-0.05, 0) is 37.6 Å². The SMILES string of the molecule is Cc1ccc2c(c1)N(CCCN)CCS2. The maximum absolute atomic E-state index is 5.56. The van der Waals surface area contributed by atoms with Gasteiger partial charge in [-0.2, -0.15) is 0 Å². The Hall–Kier alpha value is -0.670. The highest BCUT2D eigenvalue weighted by Crippen LogP contribution is 2.35. The van der Waals surface area contributed by atoms with Crippen molar-refractivity contribution >= 4 is 17.4 Å². The minimum Gasteiger partial charge on any atom is -0.370 e. The van der Waals surface area contributed by atoms with Gasteiger partial charge in [0.15, 0.2) is 0 Å². The molecule has 2 N–H and O–H groups in total. The maximum Gasteiger partial charge on any atom is 0.0507 e. The van der Waals surface area contributed by atoms with Crippen LogP contribution < -0.4 is 10.6 Å². The Morgan fingerprint density at radius 3 is 3.13 bits per heavy atom. The van der Waals surface area contributed by atoms with Crippen molar-refractivity contribution in [2.45, 2.75) is 18.2 Å². The third-order valence-corrected chi connectivity index (χ3v) is 3.75. The van der Waals surface area contributed by atoms with Gasteiger partial charge in [0, 0.05) is 23.7 Å². The molecular formula is C12H18N2S. The van der Waals surface area contributed by atoms with Gasteiger partial charge in [0.1, 0.15) is 0 Å². The number of rotatable bonds is 3. The van der Waals surface area contributed by atoms with Crippen molar-refractivity contribution < 1.29 is 0 Å². The molecule has 0 aromatic heterocycles. The van der Waals surface area contributed by atoms with Gasteiger partial charge in [-0.3, -0.25) is 0 Å². The first-order valence-corrected chi connectivity index (χ1v) is 6.48. The van der Waals surface area contributed by atoms with E-state index in [9.17, 15) is 0 Å². The fourth-order valence-electron chi connectivity index (χ4n) is 1.90. The van der Waals surface area contributed by atoms with Crippen molar-refractivity contribution in [2.75, 3.05) is 30.3 Å². The number of aryl methyl sites for hydroxylation is 1. The van der Waals surface area contributed by atoms with E-state index in [1.165, 1.54) is 21.9 Å². The van der Waals surface area contributed by atoms with Crippen LogP contribution in [0, 0.1) is 6.92 Å². The van der Waals surface area contributed by atoms with E-state index >= 15 is 0 Å². The third kappa shape index (κ3) is 2.47. The molecule has 15 heavy (non-hydrogen) atoms. The van der Waals surface area contributed by atoms with Crippen molar-refractivity contribution in [3.63, 3.8) is 0 Å². The summed E-state index contributed by atoms with van der Waals surface area (Å²) in [7, 11) is 0. The monoisotopic (exact) mass is 222 g/mol. The summed E-state index contributed by atoms with van der Waals surface area (Å²) in [6.07, 6.45) is 1.08. The van der Waals surface area contributed by atoms with E-state index in [0.717, 1.165) is 26.1 Å². The molecule has 1 aromatic carbocycles. The summed E-state index contributed by atoms with van der Waals surface area (Å²) in [4.78, 5) is 3.88. The minimum absolute atomic E-state index is 0.783. The Morgan fingerprint density at radius 2 is 2.33 bits per heavy atom. The first kappa shape index (κ1) is 10.8.